The van der Waals surface area contributed by atoms with E-state index in [1.54, 1.807) is 37.8 Å². The Morgan fingerprint density at radius 2 is 1.88 bits per heavy atom. The highest BCUT2D eigenvalue weighted by Gasteiger charge is 2.49. The third-order valence-electron chi connectivity index (χ3n) is 4.01. The van der Waals surface area contributed by atoms with Crippen LogP contribution in [0, 0.1) is 11.2 Å². The number of hydrogen-bond donors (Lipinski definition) is 0. The van der Waals surface area contributed by atoms with Crippen molar-refractivity contribution in [2.75, 3.05) is 16.4 Å². The van der Waals surface area contributed by atoms with Gasteiger partial charge in [0.15, 0.2) is 15.0 Å². The highest BCUT2D eigenvalue weighted by atomic mass is 32.2. The van der Waals surface area contributed by atoms with Gasteiger partial charge < -0.3 is 4.90 Å². The van der Waals surface area contributed by atoms with Crippen molar-refractivity contribution in [2.24, 2.45) is 10.4 Å². The van der Waals surface area contributed by atoms with Crippen molar-refractivity contribution in [2.45, 2.75) is 32.1 Å². The highest BCUT2D eigenvalue weighted by Crippen LogP contribution is 2.41. The van der Waals surface area contributed by atoms with Gasteiger partial charge in [-0.2, -0.15) is 4.99 Å². The molecule has 0 bridgehead atoms. The number of thioether (sulfide) groups is 1. The van der Waals surface area contributed by atoms with Crippen molar-refractivity contribution in [3.8, 4) is 0 Å². The third kappa shape index (κ3) is 3.35. The second kappa shape index (κ2) is 5.84. The molecule has 0 N–H and O–H groups in total. The molecule has 3 rings (SSSR count). The van der Waals surface area contributed by atoms with Crippen LogP contribution >= 0.6 is 11.8 Å². The van der Waals surface area contributed by atoms with E-state index < -0.39 is 15.3 Å². The normalized spacial score (nSPS) is 27.5. The molecule has 0 unspecified atom stereocenters. The zero-order chi connectivity index (χ0) is 17.7. The molecule has 24 heavy (non-hydrogen) atoms. The van der Waals surface area contributed by atoms with Gasteiger partial charge in [-0.15, -0.1) is 0 Å². The van der Waals surface area contributed by atoms with Crippen LogP contribution in [0.25, 0.3) is 0 Å². The number of amides is 1. The molecule has 1 aromatic carbocycles. The Morgan fingerprint density at radius 1 is 1.25 bits per heavy atom. The first-order valence-electron chi connectivity index (χ1n) is 7.62. The maximum Gasteiger partial charge on any atom is 0.253 e. The summed E-state index contributed by atoms with van der Waals surface area (Å²) in [6.45, 7) is 5.35. The van der Waals surface area contributed by atoms with Crippen molar-refractivity contribution < 1.29 is 17.6 Å². The summed E-state index contributed by atoms with van der Waals surface area (Å²) in [6.07, 6.45) is 0. The van der Waals surface area contributed by atoms with E-state index in [1.165, 1.54) is 23.9 Å². The zero-order valence-corrected chi connectivity index (χ0v) is 15.3. The minimum Gasteiger partial charge on any atom is -0.316 e. The molecule has 2 heterocycles. The number of amidine groups is 1. The van der Waals surface area contributed by atoms with Crippen molar-refractivity contribution >= 4 is 38.4 Å². The summed E-state index contributed by atoms with van der Waals surface area (Å²) in [6, 6.07) is 5.53. The van der Waals surface area contributed by atoms with Crippen molar-refractivity contribution in [1.82, 2.24) is 0 Å². The van der Waals surface area contributed by atoms with Gasteiger partial charge in [-0.1, -0.05) is 32.5 Å². The van der Waals surface area contributed by atoms with Crippen LogP contribution in [0.3, 0.4) is 0 Å². The van der Waals surface area contributed by atoms with E-state index in [0.29, 0.717) is 10.9 Å². The van der Waals surface area contributed by atoms with Gasteiger partial charge in [0.05, 0.1) is 17.5 Å². The maximum absolute atomic E-state index is 13.2. The second-order valence-electron chi connectivity index (χ2n) is 7.10. The minimum atomic E-state index is -3.11. The van der Waals surface area contributed by atoms with Crippen LogP contribution in [0.1, 0.15) is 20.8 Å². The third-order valence-corrected chi connectivity index (χ3v) is 7.22. The molecular formula is C16H19FN2O3S2. The molecule has 1 amide bonds. The Labute approximate surface area is 145 Å². The summed E-state index contributed by atoms with van der Waals surface area (Å²) in [5.41, 5.74) is 0.0279. The fraction of sp³-hybridized carbons (Fsp3) is 0.500. The number of carbonyl (C=O) groups is 1. The first-order chi connectivity index (χ1) is 11.1. The predicted octanol–water partition coefficient (Wildman–Crippen LogP) is 2.47. The summed E-state index contributed by atoms with van der Waals surface area (Å²) in [5.74, 6) is -0.543. The standard InChI is InChI=1S/C16H19FN2O3S2/c1-16(2,3)14(20)18-15-19(11-6-4-10(17)5-7-11)12-8-24(21,22)9-13(12)23-15/h4-7,12-13H,8-9H2,1-3H3/t12-,13+/m1/s1. The Kier molecular flexibility index (Phi) is 4.24. The van der Waals surface area contributed by atoms with Gasteiger partial charge in [0.1, 0.15) is 5.82 Å². The number of sulfone groups is 1. The van der Waals surface area contributed by atoms with Crippen LogP contribution in [-0.4, -0.2) is 42.3 Å². The van der Waals surface area contributed by atoms with E-state index in [1.807, 2.05) is 0 Å². The number of nitrogens with zero attached hydrogens (tertiary/aromatic N) is 2. The molecule has 130 valence electrons. The number of halogens is 1. The van der Waals surface area contributed by atoms with E-state index in [9.17, 15) is 17.6 Å². The van der Waals surface area contributed by atoms with Gasteiger partial charge in [0, 0.05) is 16.4 Å². The number of hydrogen-bond acceptors (Lipinski definition) is 4. The molecule has 0 saturated carbocycles. The number of benzene rings is 1. The number of fused-ring (bicyclic) bond motifs is 1. The molecule has 2 fully saturated rings. The smallest absolute Gasteiger partial charge is 0.253 e. The lowest BCUT2D eigenvalue weighted by Crippen LogP contribution is -2.38. The number of rotatable bonds is 1. The molecule has 2 aliphatic rings. The highest BCUT2D eigenvalue weighted by molar-refractivity contribution is 8.16. The molecular weight excluding hydrogens is 351 g/mol. The Morgan fingerprint density at radius 3 is 2.46 bits per heavy atom. The second-order valence-corrected chi connectivity index (χ2v) is 10.5. The lowest BCUT2D eigenvalue weighted by Gasteiger charge is -2.25. The van der Waals surface area contributed by atoms with E-state index in [0.717, 1.165) is 0 Å². The molecule has 0 aromatic heterocycles. The van der Waals surface area contributed by atoms with E-state index >= 15 is 0 Å². The molecule has 2 atom stereocenters. The summed E-state index contributed by atoms with van der Waals surface area (Å²) < 4.78 is 37.1. The fourth-order valence-corrected chi connectivity index (χ4v) is 6.63. The summed E-state index contributed by atoms with van der Waals surface area (Å²) >= 11 is 1.32. The summed E-state index contributed by atoms with van der Waals surface area (Å²) in [5, 5.41) is 0.331. The molecule has 5 nitrogen and oxygen atoms in total. The molecule has 2 aliphatic heterocycles. The minimum absolute atomic E-state index is 0.0186. The average Bonchev–Trinajstić information content (AvgIpc) is 2.90. The molecule has 0 aliphatic carbocycles. The fourth-order valence-electron chi connectivity index (χ4n) is 2.72. The monoisotopic (exact) mass is 370 g/mol. The first kappa shape index (κ1) is 17.4. The largest absolute Gasteiger partial charge is 0.316 e. The Bertz CT molecular complexity index is 798. The van der Waals surface area contributed by atoms with E-state index in [4.69, 9.17) is 0 Å². The lowest BCUT2D eigenvalue weighted by molar-refractivity contribution is -0.124. The maximum atomic E-state index is 13.2. The van der Waals surface area contributed by atoms with E-state index in [-0.39, 0.29) is 34.5 Å². The zero-order valence-electron chi connectivity index (χ0n) is 13.7. The summed E-state index contributed by atoms with van der Waals surface area (Å²) in [4.78, 5) is 18.3. The number of carbonyl (C=O) groups excluding carboxylic acids is 1. The Hall–Kier alpha value is -1.41. The average molecular weight is 370 g/mol. The van der Waals surface area contributed by atoms with Crippen LogP contribution in [0.15, 0.2) is 29.3 Å². The van der Waals surface area contributed by atoms with Gasteiger partial charge in [-0.25, -0.2) is 12.8 Å². The number of anilines is 1. The Balaban J connectivity index is 2.01. The topological polar surface area (TPSA) is 66.8 Å². The van der Waals surface area contributed by atoms with Gasteiger partial charge in [-0.05, 0) is 24.3 Å². The molecule has 0 radical (unpaired) electrons. The van der Waals surface area contributed by atoms with Crippen LogP contribution in [-0.2, 0) is 14.6 Å². The van der Waals surface area contributed by atoms with Gasteiger partial charge in [0.2, 0.25) is 0 Å². The quantitative estimate of drug-likeness (QED) is 0.760. The van der Waals surface area contributed by atoms with Crippen LogP contribution in [0.4, 0.5) is 10.1 Å². The van der Waals surface area contributed by atoms with Crippen LogP contribution < -0.4 is 4.90 Å². The number of aliphatic imine (C=N–C) groups is 1. The molecule has 2 saturated heterocycles. The van der Waals surface area contributed by atoms with Gasteiger partial charge >= 0.3 is 0 Å². The molecule has 0 spiro atoms. The first-order valence-corrected chi connectivity index (χ1v) is 10.3. The molecule has 8 heteroatoms. The van der Waals surface area contributed by atoms with E-state index in [2.05, 4.69) is 4.99 Å². The van der Waals surface area contributed by atoms with Crippen molar-refractivity contribution in [3.05, 3.63) is 30.1 Å². The van der Waals surface area contributed by atoms with Crippen LogP contribution in [0.2, 0.25) is 0 Å². The van der Waals surface area contributed by atoms with Crippen LogP contribution in [0.5, 0.6) is 0 Å². The van der Waals surface area contributed by atoms with Gasteiger partial charge in [-0.3, -0.25) is 4.79 Å². The molecule has 1 aromatic rings. The van der Waals surface area contributed by atoms with Gasteiger partial charge in [0.25, 0.3) is 5.91 Å². The predicted molar refractivity (Wildman–Crippen MR) is 94.6 cm³/mol. The summed E-state index contributed by atoms with van der Waals surface area (Å²) in [7, 11) is -3.11. The van der Waals surface area contributed by atoms with Crippen molar-refractivity contribution in [3.63, 3.8) is 0 Å². The SMILES string of the molecule is CC(C)(C)C(=O)N=C1S[C@H]2CS(=O)(=O)C[C@H]2N1c1ccc(F)cc1. The van der Waals surface area contributed by atoms with Crippen molar-refractivity contribution in [1.29, 1.82) is 0 Å². The lowest BCUT2D eigenvalue weighted by atomic mass is 9.96.